The second kappa shape index (κ2) is 4.06. The first-order chi connectivity index (χ1) is 7.81. The molecule has 0 amide bonds. The summed E-state index contributed by atoms with van der Waals surface area (Å²) in [5, 5.41) is 4.77. The average Bonchev–Trinajstić information content (AvgIpc) is 2.85. The first-order valence-corrected chi connectivity index (χ1v) is 6.77. The zero-order valence-corrected chi connectivity index (χ0v) is 10.3. The predicted octanol–water partition coefficient (Wildman–Crippen LogP) is 3.96. The Kier molecular flexibility index (Phi) is 2.56. The molecule has 1 fully saturated rings. The fraction of sp³-hybridized carbons (Fsp3) is 0.462. The van der Waals surface area contributed by atoms with Crippen LogP contribution in [0.15, 0.2) is 18.2 Å². The highest BCUT2D eigenvalue weighted by Crippen LogP contribution is 2.27. The van der Waals surface area contributed by atoms with Crippen molar-refractivity contribution in [2.75, 3.05) is 5.32 Å². The zero-order chi connectivity index (χ0) is 11.0. The number of hydrogen-bond acceptors (Lipinski definition) is 3. The van der Waals surface area contributed by atoms with Gasteiger partial charge in [-0.2, -0.15) is 0 Å². The summed E-state index contributed by atoms with van der Waals surface area (Å²) in [5.74, 6) is 0. The highest BCUT2D eigenvalue weighted by Gasteiger charge is 2.14. The molecule has 3 rings (SSSR count). The summed E-state index contributed by atoms with van der Waals surface area (Å²) in [6, 6.07) is 7.19. The summed E-state index contributed by atoms with van der Waals surface area (Å²) in [7, 11) is 0. The van der Waals surface area contributed by atoms with E-state index in [-0.39, 0.29) is 0 Å². The van der Waals surface area contributed by atoms with Gasteiger partial charge < -0.3 is 5.32 Å². The van der Waals surface area contributed by atoms with Gasteiger partial charge in [0.15, 0.2) is 0 Å². The van der Waals surface area contributed by atoms with E-state index >= 15 is 0 Å². The number of hydrogen-bond donors (Lipinski definition) is 1. The third-order valence-electron chi connectivity index (χ3n) is 3.22. The summed E-state index contributed by atoms with van der Waals surface area (Å²) in [4.78, 5) is 4.48. The van der Waals surface area contributed by atoms with E-state index in [4.69, 9.17) is 0 Å². The van der Waals surface area contributed by atoms with Gasteiger partial charge in [0, 0.05) is 11.7 Å². The number of nitrogens with one attached hydrogen (secondary N) is 1. The second-order valence-electron chi connectivity index (χ2n) is 4.54. The minimum Gasteiger partial charge on any atom is -0.382 e. The van der Waals surface area contributed by atoms with Crippen LogP contribution in [-0.2, 0) is 0 Å². The van der Waals surface area contributed by atoms with Crippen molar-refractivity contribution in [2.24, 2.45) is 0 Å². The number of rotatable bonds is 2. The predicted molar refractivity (Wildman–Crippen MR) is 70.2 cm³/mol. The largest absolute Gasteiger partial charge is 0.382 e. The van der Waals surface area contributed by atoms with E-state index in [0.29, 0.717) is 6.04 Å². The van der Waals surface area contributed by atoms with Gasteiger partial charge >= 0.3 is 0 Å². The van der Waals surface area contributed by atoms with E-state index in [0.717, 1.165) is 10.5 Å². The van der Waals surface area contributed by atoms with E-state index in [9.17, 15) is 0 Å². The van der Waals surface area contributed by atoms with Gasteiger partial charge in [0.05, 0.1) is 15.2 Å². The van der Waals surface area contributed by atoms with E-state index in [1.165, 1.54) is 36.1 Å². The van der Waals surface area contributed by atoms with Crippen LogP contribution in [0.3, 0.4) is 0 Å². The molecule has 2 aromatic rings. The first-order valence-electron chi connectivity index (χ1n) is 5.95. The van der Waals surface area contributed by atoms with Crippen LogP contribution >= 0.6 is 11.3 Å². The SMILES string of the molecule is Cc1nc2ccc(NC3CCCC3)cc2s1. The van der Waals surface area contributed by atoms with Gasteiger partial charge in [0.1, 0.15) is 0 Å². The van der Waals surface area contributed by atoms with Crippen LogP contribution in [0.25, 0.3) is 10.2 Å². The third-order valence-corrected chi connectivity index (χ3v) is 4.15. The number of thiazole rings is 1. The van der Waals surface area contributed by atoms with Gasteiger partial charge in [-0.1, -0.05) is 12.8 Å². The molecule has 16 heavy (non-hydrogen) atoms. The quantitative estimate of drug-likeness (QED) is 0.847. The number of aryl methyl sites for hydroxylation is 1. The lowest BCUT2D eigenvalue weighted by atomic mass is 10.2. The summed E-state index contributed by atoms with van der Waals surface area (Å²) in [6.45, 7) is 2.06. The Hall–Kier alpha value is -1.09. The summed E-state index contributed by atoms with van der Waals surface area (Å²) < 4.78 is 1.29. The van der Waals surface area contributed by atoms with Gasteiger partial charge in [0.2, 0.25) is 0 Å². The van der Waals surface area contributed by atoms with Crippen LogP contribution in [0.5, 0.6) is 0 Å². The summed E-state index contributed by atoms with van der Waals surface area (Å²) in [6.07, 6.45) is 5.39. The molecule has 3 heteroatoms. The molecule has 0 saturated heterocycles. The van der Waals surface area contributed by atoms with Crippen molar-refractivity contribution in [2.45, 2.75) is 38.6 Å². The number of fused-ring (bicyclic) bond motifs is 1. The summed E-state index contributed by atoms with van der Waals surface area (Å²) in [5.41, 5.74) is 2.38. The molecule has 1 aliphatic carbocycles. The van der Waals surface area contributed by atoms with E-state index < -0.39 is 0 Å². The maximum Gasteiger partial charge on any atom is 0.0907 e. The van der Waals surface area contributed by atoms with E-state index in [1.807, 2.05) is 0 Å². The van der Waals surface area contributed by atoms with Crippen molar-refractivity contribution in [3.8, 4) is 0 Å². The van der Waals surface area contributed by atoms with Crippen LogP contribution < -0.4 is 5.32 Å². The Labute approximate surface area is 99.7 Å². The fourth-order valence-electron chi connectivity index (χ4n) is 2.44. The normalized spacial score (nSPS) is 17.1. The van der Waals surface area contributed by atoms with Crippen molar-refractivity contribution in [3.05, 3.63) is 23.2 Å². The van der Waals surface area contributed by atoms with Crippen molar-refractivity contribution in [1.29, 1.82) is 0 Å². The third kappa shape index (κ3) is 1.92. The van der Waals surface area contributed by atoms with Crippen LogP contribution in [0.4, 0.5) is 5.69 Å². The number of anilines is 1. The molecule has 0 aliphatic heterocycles. The van der Waals surface area contributed by atoms with Crippen molar-refractivity contribution >= 4 is 27.2 Å². The van der Waals surface area contributed by atoms with Crippen molar-refractivity contribution < 1.29 is 0 Å². The topological polar surface area (TPSA) is 24.9 Å². The molecule has 1 aliphatic rings. The standard InChI is InChI=1S/C13H16N2S/c1-9-14-12-7-6-11(8-13(12)16-9)15-10-4-2-3-5-10/h6-8,10,15H,2-5H2,1H3. The van der Waals surface area contributed by atoms with Crippen LogP contribution in [0.1, 0.15) is 30.7 Å². The average molecular weight is 232 g/mol. The monoisotopic (exact) mass is 232 g/mol. The molecule has 84 valence electrons. The second-order valence-corrected chi connectivity index (χ2v) is 5.78. The maximum atomic E-state index is 4.48. The molecular weight excluding hydrogens is 216 g/mol. The number of benzene rings is 1. The molecule has 0 spiro atoms. The molecule has 1 aromatic heterocycles. The summed E-state index contributed by atoms with van der Waals surface area (Å²) >= 11 is 1.77. The van der Waals surface area contributed by atoms with Gasteiger partial charge in [-0.3, -0.25) is 0 Å². The van der Waals surface area contributed by atoms with Gasteiger partial charge in [-0.25, -0.2) is 4.98 Å². The van der Waals surface area contributed by atoms with E-state index in [1.54, 1.807) is 11.3 Å². The molecular formula is C13H16N2S. The Balaban J connectivity index is 1.86. The Bertz CT molecular complexity index is 498. The smallest absolute Gasteiger partial charge is 0.0907 e. The van der Waals surface area contributed by atoms with Crippen molar-refractivity contribution in [3.63, 3.8) is 0 Å². The highest BCUT2D eigenvalue weighted by molar-refractivity contribution is 7.18. The minimum absolute atomic E-state index is 0.687. The van der Waals surface area contributed by atoms with Gasteiger partial charge in [-0.05, 0) is 38.0 Å². The zero-order valence-electron chi connectivity index (χ0n) is 9.49. The molecule has 2 nitrogen and oxygen atoms in total. The highest BCUT2D eigenvalue weighted by atomic mass is 32.1. The Morgan fingerprint density at radius 1 is 1.31 bits per heavy atom. The molecule has 0 atom stereocenters. The number of nitrogens with zero attached hydrogens (tertiary/aromatic N) is 1. The first kappa shape index (κ1) is 10.1. The molecule has 1 N–H and O–H groups in total. The van der Waals surface area contributed by atoms with Crippen molar-refractivity contribution in [1.82, 2.24) is 4.98 Å². The Morgan fingerprint density at radius 3 is 2.94 bits per heavy atom. The van der Waals surface area contributed by atoms with E-state index in [2.05, 4.69) is 35.4 Å². The van der Waals surface area contributed by atoms with Crippen LogP contribution in [0, 0.1) is 6.92 Å². The van der Waals surface area contributed by atoms with Gasteiger partial charge in [-0.15, -0.1) is 11.3 Å². The Morgan fingerprint density at radius 2 is 2.12 bits per heavy atom. The maximum absolute atomic E-state index is 4.48. The van der Waals surface area contributed by atoms with Crippen LogP contribution in [-0.4, -0.2) is 11.0 Å². The lowest BCUT2D eigenvalue weighted by molar-refractivity contribution is 0.756. The van der Waals surface area contributed by atoms with Gasteiger partial charge in [0.25, 0.3) is 0 Å². The lowest BCUT2D eigenvalue weighted by Crippen LogP contribution is -2.14. The molecule has 1 saturated carbocycles. The molecule has 1 aromatic carbocycles. The molecule has 1 heterocycles. The molecule has 0 radical (unpaired) electrons. The molecule has 0 bridgehead atoms. The van der Waals surface area contributed by atoms with Crippen LogP contribution in [0.2, 0.25) is 0 Å². The number of aromatic nitrogens is 1. The fourth-order valence-corrected chi connectivity index (χ4v) is 3.30. The minimum atomic E-state index is 0.687. The molecule has 0 unspecified atom stereocenters. The lowest BCUT2D eigenvalue weighted by Gasteiger charge is -2.12.